The lowest BCUT2D eigenvalue weighted by atomic mass is 10.2. The summed E-state index contributed by atoms with van der Waals surface area (Å²) in [6, 6.07) is 18.5. The van der Waals surface area contributed by atoms with E-state index in [0.29, 0.717) is 17.8 Å². The molecule has 0 aliphatic heterocycles. The Morgan fingerprint density at radius 2 is 1.68 bits per heavy atom. The molecule has 1 amide bonds. The summed E-state index contributed by atoms with van der Waals surface area (Å²) in [4.78, 5) is 16.5. The standard InChI is InChI=1S/C21H21N3O3S/c1-2-16-6-10-18(11-7-16)24-28(26,27)20-12-8-17(9-13-20)21(25)23-15-19-5-3-4-14-22-19/h3-14,24H,2,15H2,1H3,(H,23,25). The summed E-state index contributed by atoms with van der Waals surface area (Å²) in [6.07, 6.45) is 2.54. The normalized spacial score (nSPS) is 11.0. The zero-order valence-corrected chi connectivity index (χ0v) is 16.2. The number of carbonyl (C=O) groups is 1. The Kier molecular flexibility index (Phi) is 6.06. The predicted octanol–water partition coefficient (Wildman–Crippen LogP) is 3.37. The molecule has 0 aliphatic carbocycles. The summed E-state index contributed by atoms with van der Waals surface area (Å²) in [5.41, 5.74) is 2.74. The maximum Gasteiger partial charge on any atom is 0.261 e. The smallest absolute Gasteiger partial charge is 0.261 e. The van der Waals surface area contributed by atoms with E-state index in [2.05, 4.69) is 15.0 Å². The minimum atomic E-state index is -3.72. The van der Waals surface area contributed by atoms with Crippen LogP contribution in [-0.4, -0.2) is 19.3 Å². The van der Waals surface area contributed by atoms with Gasteiger partial charge in [0.05, 0.1) is 17.1 Å². The van der Waals surface area contributed by atoms with Gasteiger partial charge in [-0.05, 0) is 60.5 Å². The number of aryl methyl sites for hydroxylation is 1. The van der Waals surface area contributed by atoms with Crippen LogP contribution in [-0.2, 0) is 23.0 Å². The van der Waals surface area contributed by atoms with Gasteiger partial charge in [0.2, 0.25) is 0 Å². The quantitative estimate of drug-likeness (QED) is 0.642. The number of amides is 1. The monoisotopic (exact) mass is 395 g/mol. The average Bonchev–Trinajstić information content (AvgIpc) is 2.73. The molecule has 0 unspecified atom stereocenters. The Hall–Kier alpha value is -3.19. The number of rotatable bonds is 7. The van der Waals surface area contributed by atoms with E-state index in [1.54, 1.807) is 24.4 Å². The lowest BCUT2D eigenvalue weighted by molar-refractivity contribution is 0.0950. The lowest BCUT2D eigenvalue weighted by Crippen LogP contribution is -2.23. The molecule has 144 valence electrons. The van der Waals surface area contributed by atoms with E-state index in [0.717, 1.165) is 17.7 Å². The Balaban J connectivity index is 1.65. The summed E-state index contributed by atoms with van der Waals surface area (Å²) >= 11 is 0. The van der Waals surface area contributed by atoms with Gasteiger partial charge in [0.25, 0.3) is 15.9 Å². The fourth-order valence-corrected chi connectivity index (χ4v) is 3.64. The number of carbonyl (C=O) groups excluding carboxylic acids is 1. The molecule has 28 heavy (non-hydrogen) atoms. The highest BCUT2D eigenvalue weighted by Gasteiger charge is 2.15. The predicted molar refractivity (Wildman–Crippen MR) is 108 cm³/mol. The second-order valence-corrected chi connectivity index (χ2v) is 7.87. The molecular weight excluding hydrogens is 374 g/mol. The molecule has 0 saturated heterocycles. The molecule has 0 radical (unpaired) electrons. The molecule has 1 heterocycles. The van der Waals surface area contributed by atoms with Gasteiger partial charge in [-0.25, -0.2) is 8.42 Å². The molecule has 0 saturated carbocycles. The van der Waals surface area contributed by atoms with Gasteiger partial charge < -0.3 is 5.32 Å². The SMILES string of the molecule is CCc1ccc(NS(=O)(=O)c2ccc(C(=O)NCc3ccccn3)cc2)cc1. The highest BCUT2D eigenvalue weighted by molar-refractivity contribution is 7.92. The van der Waals surface area contributed by atoms with Gasteiger partial charge in [0.1, 0.15) is 0 Å². The Labute approximate surface area is 164 Å². The topological polar surface area (TPSA) is 88.2 Å². The van der Waals surface area contributed by atoms with Crippen molar-refractivity contribution in [2.75, 3.05) is 4.72 Å². The van der Waals surface area contributed by atoms with Crippen molar-refractivity contribution in [1.82, 2.24) is 10.3 Å². The van der Waals surface area contributed by atoms with Crippen LogP contribution in [0, 0.1) is 0 Å². The maximum atomic E-state index is 12.5. The van der Waals surface area contributed by atoms with Crippen LogP contribution < -0.4 is 10.0 Å². The number of pyridine rings is 1. The van der Waals surface area contributed by atoms with Gasteiger partial charge in [-0.3, -0.25) is 14.5 Å². The number of hydrogen-bond donors (Lipinski definition) is 2. The van der Waals surface area contributed by atoms with E-state index >= 15 is 0 Å². The van der Waals surface area contributed by atoms with Gasteiger partial charge in [0, 0.05) is 17.4 Å². The van der Waals surface area contributed by atoms with E-state index in [1.165, 1.54) is 24.3 Å². The van der Waals surface area contributed by atoms with Gasteiger partial charge in [-0.2, -0.15) is 0 Å². The molecule has 0 fully saturated rings. The first kappa shape index (κ1) is 19.6. The van der Waals surface area contributed by atoms with Crippen LogP contribution in [0.3, 0.4) is 0 Å². The maximum absolute atomic E-state index is 12.5. The molecule has 3 rings (SSSR count). The van der Waals surface area contributed by atoms with Crippen molar-refractivity contribution in [3.05, 3.63) is 89.7 Å². The molecule has 1 aromatic heterocycles. The van der Waals surface area contributed by atoms with E-state index in [4.69, 9.17) is 0 Å². The molecule has 7 heteroatoms. The molecular formula is C21H21N3O3S. The molecule has 0 atom stereocenters. The van der Waals surface area contributed by atoms with E-state index < -0.39 is 10.0 Å². The molecule has 0 bridgehead atoms. The largest absolute Gasteiger partial charge is 0.346 e. The van der Waals surface area contributed by atoms with Gasteiger partial charge in [0.15, 0.2) is 0 Å². The van der Waals surface area contributed by atoms with Crippen molar-refractivity contribution in [1.29, 1.82) is 0 Å². The first-order valence-corrected chi connectivity index (χ1v) is 10.4. The van der Waals surface area contributed by atoms with E-state index in [9.17, 15) is 13.2 Å². The van der Waals surface area contributed by atoms with Crippen molar-refractivity contribution in [2.24, 2.45) is 0 Å². The molecule has 0 spiro atoms. The van der Waals surface area contributed by atoms with Crippen LogP contribution in [0.25, 0.3) is 0 Å². The van der Waals surface area contributed by atoms with Crippen molar-refractivity contribution in [3.8, 4) is 0 Å². The van der Waals surface area contributed by atoms with Crippen LogP contribution >= 0.6 is 0 Å². The van der Waals surface area contributed by atoms with Crippen molar-refractivity contribution < 1.29 is 13.2 Å². The molecule has 6 nitrogen and oxygen atoms in total. The van der Waals surface area contributed by atoms with Crippen molar-refractivity contribution in [3.63, 3.8) is 0 Å². The first-order valence-electron chi connectivity index (χ1n) is 8.88. The van der Waals surface area contributed by atoms with Crippen molar-refractivity contribution >= 4 is 21.6 Å². The Bertz CT molecular complexity index is 1030. The fourth-order valence-electron chi connectivity index (χ4n) is 2.58. The zero-order chi connectivity index (χ0) is 20.0. The fraction of sp³-hybridized carbons (Fsp3) is 0.143. The Morgan fingerprint density at radius 1 is 0.964 bits per heavy atom. The third-order valence-corrected chi connectivity index (χ3v) is 5.59. The number of sulfonamides is 1. The van der Waals surface area contributed by atoms with Gasteiger partial charge in [-0.15, -0.1) is 0 Å². The summed E-state index contributed by atoms with van der Waals surface area (Å²) in [5, 5.41) is 2.76. The molecule has 2 N–H and O–H groups in total. The minimum absolute atomic E-state index is 0.0911. The summed E-state index contributed by atoms with van der Waals surface area (Å²) in [5.74, 6) is -0.294. The summed E-state index contributed by atoms with van der Waals surface area (Å²) in [7, 11) is -3.72. The van der Waals surface area contributed by atoms with Crippen LogP contribution in [0.15, 0.2) is 77.8 Å². The first-order chi connectivity index (χ1) is 13.5. The number of anilines is 1. The number of aromatic nitrogens is 1. The highest BCUT2D eigenvalue weighted by atomic mass is 32.2. The average molecular weight is 395 g/mol. The zero-order valence-electron chi connectivity index (χ0n) is 15.4. The summed E-state index contributed by atoms with van der Waals surface area (Å²) < 4.78 is 27.6. The van der Waals surface area contributed by atoms with Gasteiger partial charge >= 0.3 is 0 Å². The highest BCUT2D eigenvalue weighted by Crippen LogP contribution is 2.17. The van der Waals surface area contributed by atoms with Crippen LogP contribution in [0.5, 0.6) is 0 Å². The molecule has 3 aromatic rings. The lowest BCUT2D eigenvalue weighted by Gasteiger charge is -2.10. The third-order valence-electron chi connectivity index (χ3n) is 4.20. The van der Waals surface area contributed by atoms with Crippen LogP contribution in [0.1, 0.15) is 28.5 Å². The molecule has 0 aliphatic rings. The van der Waals surface area contributed by atoms with Gasteiger partial charge in [-0.1, -0.05) is 25.1 Å². The van der Waals surface area contributed by atoms with E-state index in [-0.39, 0.29) is 10.8 Å². The number of benzene rings is 2. The van der Waals surface area contributed by atoms with Crippen LogP contribution in [0.2, 0.25) is 0 Å². The van der Waals surface area contributed by atoms with E-state index in [1.807, 2.05) is 31.2 Å². The second-order valence-electron chi connectivity index (χ2n) is 6.18. The van der Waals surface area contributed by atoms with Crippen molar-refractivity contribution in [2.45, 2.75) is 24.8 Å². The number of nitrogens with zero attached hydrogens (tertiary/aromatic N) is 1. The summed E-state index contributed by atoms with van der Waals surface area (Å²) in [6.45, 7) is 2.34. The number of nitrogens with one attached hydrogen (secondary N) is 2. The Morgan fingerprint density at radius 3 is 2.29 bits per heavy atom. The number of hydrogen-bond acceptors (Lipinski definition) is 4. The minimum Gasteiger partial charge on any atom is -0.346 e. The van der Waals surface area contributed by atoms with Crippen LogP contribution in [0.4, 0.5) is 5.69 Å². The third kappa shape index (κ3) is 4.95. The molecule has 2 aromatic carbocycles. The second kappa shape index (κ2) is 8.67.